The van der Waals surface area contributed by atoms with Gasteiger partial charge in [0.2, 0.25) is 0 Å². The van der Waals surface area contributed by atoms with Crippen molar-refractivity contribution in [3.8, 4) is 5.75 Å². The van der Waals surface area contributed by atoms with Gasteiger partial charge in [0.05, 0.1) is 33.3 Å². The van der Waals surface area contributed by atoms with E-state index in [9.17, 15) is 10.1 Å². The highest BCUT2D eigenvalue weighted by Crippen LogP contribution is 2.31. The first-order valence-electron chi connectivity index (χ1n) is 6.85. The van der Waals surface area contributed by atoms with Gasteiger partial charge in [-0.25, -0.2) is 0 Å². The lowest BCUT2D eigenvalue weighted by Crippen LogP contribution is -2.20. The first kappa shape index (κ1) is 18.3. The minimum atomic E-state index is -0.514. The Labute approximate surface area is 153 Å². The third-order valence-electron chi connectivity index (χ3n) is 2.92. The molecule has 9 heteroatoms. The maximum atomic E-state index is 11.2. The van der Waals surface area contributed by atoms with Crippen LogP contribution in [0.25, 0.3) is 0 Å². The molecule has 0 saturated carbocycles. The zero-order chi connectivity index (χ0) is 17.7. The summed E-state index contributed by atoms with van der Waals surface area (Å²) in [6.07, 6.45) is 0. The van der Waals surface area contributed by atoms with Gasteiger partial charge >= 0.3 is 0 Å². The highest BCUT2D eigenvalue weighted by atomic mass is 35.5. The van der Waals surface area contributed by atoms with Crippen molar-refractivity contribution < 1.29 is 9.66 Å². The molecule has 0 unspecified atom stereocenters. The van der Waals surface area contributed by atoms with Gasteiger partial charge < -0.3 is 15.4 Å². The molecule has 24 heavy (non-hydrogen) atoms. The molecule has 6 nitrogen and oxygen atoms in total. The number of nitro benzene ring substituents is 1. The van der Waals surface area contributed by atoms with Crippen molar-refractivity contribution in [1.82, 2.24) is 0 Å². The summed E-state index contributed by atoms with van der Waals surface area (Å²) in [5.41, 5.74) is 0.580. The Bertz CT molecular complexity index is 787. The monoisotopic (exact) mass is 385 g/mol. The highest BCUT2D eigenvalue weighted by Gasteiger charge is 2.16. The minimum Gasteiger partial charge on any atom is -0.494 e. The number of ether oxygens (including phenoxy) is 1. The third kappa shape index (κ3) is 4.47. The van der Waals surface area contributed by atoms with Crippen LogP contribution in [0.15, 0.2) is 36.4 Å². The molecule has 0 atom stereocenters. The van der Waals surface area contributed by atoms with E-state index in [0.29, 0.717) is 28.1 Å². The van der Waals surface area contributed by atoms with Crippen molar-refractivity contribution in [2.75, 3.05) is 17.2 Å². The lowest BCUT2D eigenvalue weighted by Gasteiger charge is -2.13. The van der Waals surface area contributed by atoms with Crippen LogP contribution in [-0.4, -0.2) is 16.6 Å². The summed E-state index contributed by atoms with van der Waals surface area (Å²) >= 11 is 17.2. The molecule has 0 bridgehead atoms. The van der Waals surface area contributed by atoms with Gasteiger partial charge in [-0.3, -0.25) is 10.1 Å². The average molecular weight is 386 g/mol. The van der Waals surface area contributed by atoms with Gasteiger partial charge in [0.25, 0.3) is 5.69 Å². The summed E-state index contributed by atoms with van der Waals surface area (Å²) in [7, 11) is 0. The SMILES string of the molecule is CCOc1ccc(NC(=S)Nc2cccc(Cl)c2Cl)c([N+](=O)[O-])c1. The van der Waals surface area contributed by atoms with Crippen LogP contribution in [0.3, 0.4) is 0 Å². The first-order chi connectivity index (χ1) is 11.4. The van der Waals surface area contributed by atoms with E-state index in [-0.39, 0.29) is 16.5 Å². The van der Waals surface area contributed by atoms with Crippen molar-refractivity contribution >= 4 is 57.6 Å². The summed E-state index contributed by atoms with van der Waals surface area (Å²) in [5, 5.41) is 17.7. The predicted molar refractivity (Wildman–Crippen MR) is 101 cm³/mol. The van der Waals surface area contributed by atoms with E-state index >= 15 is 0 Å². The quantitative estimate of drug-likeness (QED) is 0.423. The van der Waals surface area contributed by atoms with Crippen molar-refractivity contribution in [2.45, 2.75) is 6.92 Å². The second kappa shape index (κ2) is 8.14. The fourth-order valence-corrected chi connectivity index (χ4v) is 2.47. The molecular formula is C15H13Cl2N3O3S. The van der Waals surface area contributed by atoms with Crippen LogP contribution in [0.4, 0.5) is 17.1 Å². The van der Waals surface area contributed by atoms with Crippen LogP contribution in [0.5, 0.6) is 5.75 Å². The molecule has 0 aliphatic heterocycles. The Kier molecular flexibility index (Phi) is 6.19. The summed E-state index contributed by atoms with van der Waals surface area (Å²) in [4.78, 5) is 10.7. The standard InChI is InChI=1S/C15H13Cl2N3O3S/c1-2-23-9-6-7-11(13(8-9)20(21)22)18-15(24)19-12-5-3-4-10(16)14(12)17/h3-8H,2H2,1H3,(H2,18,19,24). The number of nitrogens with zero attached hydrogens (tertiary/aromatic N) is 1. The Morgan fingerprint density at radius 3 is 2.62 bits per heavy atom. The normalized spacial score (nSPS) is 10.1. The second-order valence-electron chi connectivity index (χ2n) is 4.55. The molecule has 2 aromatic rings. The maximum Gasteiger partial charge on any atom is 0.296 e. The van der Waals surface area contributed by atoms with Gasteiger partial charge in [0, 0.05) is 0 Å². The van der Waals surface area contributed by atoms with E-state index in [1.165, 1.54) is 12.1 Å². The van der Waals surface area contributed by atoms with Crippen molar-refractivity contribution in [1.29, 1.82) is 0 Å². The third-order valence-corrected chi connectivity index (χ3v) is 3.95. The lowest BCUT2D eigenvalue weighted by molar-refractivity contribution is -0.384. The van der Waals surface area contributed by atoms with Crippen LogP contribution in [-0.2, 0) is 0 Å². The Balaban J connectivity index is 2.19. The average Bonchev–Trinajstić information content (AvgIpc) is 2.53. The molecule has 0 fully saturated rings. The fourth-order valence-electron chi connectivity index (χ4n) is 1.90. The predicted octanol–water partition coefficient (Wildman–Crippen LogP) is 5.11. The van der Waals surface area contributed by atoms with Crippen LogP contribution in [0, 0.1) is 10.1 Å². The zero-order valence-electron chi connectivity index (χ0n) is 12.5. The van der Waals surface area contributed by atoms with E-state index in [4.69, 9.17) is 40.2 Å². The molecule has 0 amide bonds. The van der Waals surface area contributed by atoms with Gasteiger partial charge in [-0.05, 0) is 43.4 Å². The van der Waals surface area contributed by atoms with Crippen LogP contribution in [0.1, 0.15) is 6.92 Å². The van der Waals surface area contributed by atoms with Crippen LogP contribution >= 0.6 is 35.4 Å². The molecule has 0 aliphatic rings. The lowest BCUT2D eigenvalue weighted by atomic mass is 10.2. The van der Waals surface area contributed by atoms with Crippen molar-refractivity contribution in [2.24, 2.45) is 0 Å². The Morgan fingerprint density at radius 1 is 1.25 bits per heavy atom. The largest absolute Gasteiger partial charge is 0.494 e. The summed E-state index contributed by atoms with van der Waals surface area (Å²) in [6.45, 7) is 2.21. The summed E-state index contributed by atoms with van der Waals surface area (Å²) < 4.78 is 5.27. The molecule has 0 saturated heterocycles. The number of anilines is 2. The molecule has 0 heterocycles. The van der Waals surface area contributed by atoms with Gasteiger partial charge in [-0.15, -0.1) is 0 Å². The molecule has 0 spiro atoms. The number of benzene rings is 2. The number of nitrogens with one attached hydrogen (secondary N) is 2. The summed E-state index contributed by atoms with van der Waals surface area (Å²) in [6, 6.07) is 9.52. The highest BCUT2D eigenvalue weighted by molar-refractivity contribution is 7.80. The second-order valence-corrected chi connectivity index (χ2v) is 5.74. The number of halogens is 2. The number of nitro groups is 1. The number of hydrogen-bond donors (Lipinski definition) is 2. The van der Waals surface area contributed by atoms with Gasteiger partial charge in [-0.1, -0.05) is 29.3 Å². The van der Waals surface area contributed by atoms with E-state index in [1.54, 1.807) is 31.2 Å². The van der Waals surface area contributed by atoms with Gasteiger partial charge in [-0.2, -0.15) is 0 Å². The molecule has 2 N–H and O–H groups in total. The Morgan fingerprint density at radius 2 is 1.96 bits per heavy atom. The topological polar surface area (TPSA) is 76.4 Å². The smallest absolute Gasteiger partial charge is 0.296 e. The van der Waals surface area contributed by atoms with E-state index in [2.05, 4.69) is 10.6 Å². The Hall–Kier alpha value is -2.09. The molecular weight excluding hydrogens is 373 g/mol. The molecule has 0 aliphatic carbocycles. The number of hydrogen-bond acceptors (Lipinski definition) is 4. The van der Waals surface area contributed by atoms with Gasteiger partial charge in [0.1, 0.15) is 11.4 Å². The molecule has 126 valence electrons. The minimum absolute atomic E-state index is 0.145. The zero-order valence-corrected chi connectivity index (χ0v) is 14.8. The number of rotatable bonds is 5. The van der Waals surface area contributed by atoms with Crippen LogP contribution in [0.2, 0.25) is 10.0 Å². The fraction of sp³-hybridized carbons (Fsp3) is 0.133. The van der Waals surface area contributed by atoms with E-state index in [0.717, 1.165) is 0 Å². The van der Waals surface area contributed by atoms with Crippen molar-refractivity contribution in [3.05, 3.63) is 56.6 Å². The summed E-state index contributed by atoms with van der Waals surface area (Å²) in [5.74, 6) is 0.409. The van der Waals surface area contributed by atoms with E-state index in [1.807, 2.05) is 0 Å². The van der Waals surface area contributed by atoms with Gasteiger partial charge in [0.15, 0.2) is 5.11 Å². The first-order valence-corrected chi connectivity index (χ1v) is 8.02. The van der Waals surface area contributed by atoms with Crippen LogP contribution < -0.4 is 15.4 Å². The molecule has 0 aromatic heterocycles. The van der Waals surface area contributed by atoms with Crippen molar-refractivity contribution in [3.63, 3.8) is 0 Å². The van der Waals surface area contributed by atoms with E-state index < -0.39 is 4.92 Å². The number of thiocarbonyl (C=S) groups is 1. The maximum absolute atomic E-state index is 11.2. The molecule has 2 aromatic carbocycles. The molecule has 2 rings (SSSR count). The molecule has 0 radical (unpaired) electrons.